The smallest absolute Gasteiger partial charge is 0.303 e. The Morgan fingerprint density at radius 2 is 1.33 bits per heavy atom. The summed E-state index contributed by atoms with van der Waals surface area (Å²) in [6, 6.07) is 31.9. The van der Waals surface area contributed by atoms with Gasteiger partial charge in [-0.25, -0.2) is 0 Å². The fourth-order valence-corrected chi connectivity index (χ4v) is 8.27. The second-order valence-electron chi connectivity index (χ2n) is 13.6. The average molecular weight is 838 g/mol. The molecule has 0 saturated carbocycles. The minimum absolute atomic E-state index is 0.113. The second-order valence-corrected chi connectivity index (χ2v) is 14.8. The van der Waals surface area contributed by atoms with Crippen molar-refractivity contribution in [2.45, 2.75) is 57.3 Å². The molecule has 1 heterocycles. The molecule has 0 unspecified atom stereocenters. The van der Waals surface area contributed by atoms with Gasteiger partial charge in [-0.05, 0) is 35.4 Å². The third-order valence-electron chi connectivity index (χ3n) is 9.12. The van der Waals surface area contributed by atoms with Crippen LogP contribution in [0.4, 0.5) is 17.1 Å². The van der Waals surface area contributed by atoms with Gasteiger partial charge in [-0.2, -0.15) is 10.2 Å². The van der Waals surface area contributed by atoms with E-state index >= 15 is 4.79 Å². The second kappa shape index (κ2) is 20.2. The summed E-state index contributed by atoms with van der Waals surface area (Å²) in [6.45, 7) is 4.09. The maximum atomic E-state index is 15.5. The molecule has 1 aliphatic rings. The molecule has 0 aromatic heterocycles. The van der Waals surface area contributed by atoms with E-state index in [2.05, 4.69) is 10.4 Å². The lowest BCUT2D eigenvalue weighted by atomic mass is 9.76. The number of nitrogens with zero attached hydrogens (tertiary/aromatic N) is 4. The molecule has 4 aromatic rings. The van der Waals surface area contributed by atoms with E-state index in [4.69, 9.17) is 24.1 Å². The number of nitro groups is 1. The number of amides is 1. The monoisotopic (exact) mass is 837 g/mol. The Hall–Kier alpha value is -6.88. The molecule has 0 fully saturated rings. The van der Waals surface area contributed by atoms with Gasteiger partial charge in [0.25, 0.3) is 5.69 Å². The third kappa shape index (κ3) is 11.0. The molecule has 16 nitrogen and oxygen atoms in total. The Bertz CT molecular complexity index is 2240. The number of benzene rings is 4. The molecule has 312 valence electrons. The highest BCUT2D eigenvalue weighted by atomic mass is 32.2. The average Bonchev–Trinajstić information content (AvgIpc) is 3.57. The topological polar surface area (TPSA) is 205 Å². The highest BCUT2D eigenvalue weighted by Crippen LogP contribution is 2.60. The number of hydrogen-bond acceptors (Lipinski definition) is 15. The molecular weight excluding hydrogens is 795 g/mol. The summed E-state index contributed by atoms with van der Waals surface area (Å²) in [7, 11) is 1.78. The standard InChI is InChI=1S/C43H43N5O11S/c1-27(49)56-26-36(57-28(2)50)39(58-29(3)51)40(59-30(4)52)37-38(46-45-34-19-13-8-14-20-34)41(47(5)25-31-15-9-6-10-16-31)60-43(37,32-17-11-7-12-18-32)42(53)44-33-21-23-35(24-22-33)48(54)55/h6-24,36-37,39-40H,25-26H2,1-5H3,(H,44,53)/t36-,37-,39+,40-,43-/m1/s1. The van der Waals surface area contributed by atoms with Gasteiger partial charge in [0.1, 0.15) is 17.1 Å². The Balaban J connectivity index is 1.87. The lowest BCUT2D eigenvalue weighted by Gasteiger charge is -2.41. The third-order valence-corrected chi connectivity index (χ3v) is 10.8. The van der Waals surface area contributed by atoms with Crippen LogP contribution in [0, 0.1) is 16.0 Å². The van der Waals surface area contributed by atoms with Crippen molar-refractivity contribution >= 4 is 58.6 Å². The van der Waals surface area contributed by atoms with Gasteiger partial charge >= 0.3 is 23.9 Å². The summed E-state index contributed by atoms with van der Waals surface area (Å²) in [5.74, 6) is -5.50. The molecule has 60 heavy (non-hydrogen) atoms. The fraction of sp³-hybridized carbons (Fsp3) is 0.279. The van der Waals surface area contributed by atoms with Crippen LogP contribution in [0.25, 0.3) is 0 Å². The molecule has 0 radical (unpaired) electrons. The van der Waals surface area contributed by atoms with Crippen LogP contribution in [-0.2, 0) is 54.2 Å². The van der Waals surface area contributed by atoms with Gasteiger partial charge in [-0.1, -0.05) is 90.6 Å². The maximum absolute atomic E-state index is 15.5. The zero-order valence-corrected chi connectivity index (χ0v) is 34.2. The number of azo groups is 1. The van der Waals surface area contributed by atoms with Crippen molar-refractivity contribution < 1.29 is 47.8 Å². The van der Waals surface area contributed by atoms with E-state index < -0.39 is 70.3 Å². The van der Waals surface area contributed by atoms with Crippen LogP contribution in [0.15, 0.2) is 136 Å². The molecule has 5 atom stereocenters. The zero-order chi connectivity index (χ0) is 43.4. The summed E-state index contributed by atoms with van der Waals surface area (Å²) < 4.78 is 21.1. The number of esters is 4. The predicted octanol–water partition coefficient (Wildman–Crippen LogP) is 7.24. The number of nitro benzene ring substituents is 1. The zero-order valence-electron chi connectivity index (χ0n) is 33.4. The lowest BCUT2D eigenvalue weighted by Crippen LogP contribution is -2.56. The summed E-state index contributed by atoms with van der Waals surface area (Å²) in [5.41, 5.74) is 1.78. The van der Waals surface area contributed by atoms with Gasteiger partial charge in [0.05, 0.1) is 21.6 Å². The molecule has 0 saturated heterocycles. The minimum Gasteiger partial charge on any atom is -0.462 e. The summed E-state index contributed by atoms with van der Waals surface area (Å²) in [4.78, 5) is 79.5. The van der Waals surface area contributed by atoms with Crippen LogP contribution < -0.4 is 5.32 Å². The molecule has 0 spiro atoms. The Kier molecular flexibility index (Phi) is 14.9. The van der Waals surface area contributed by atoms with Crippen LogP contribution in [0.1, 0.15) is 38.8 Å². The van der Waals surface area contributed by atoms with Crippen LogP contribution in [0.2, 0.25) is 0 Å². The van der Waals surface area contributed by atoms with Gasteiger partial charge in [-0.15, -0.1) is 0 Å². The van der Waals surface area contributed by atoms with Crippen molar-refractivity contribution in [1.29, 1.82) is 0 Å². The van der Waals surface area contributed by atoms with Gasteiger partial charge in [-0.3, -0.25) is 34.1 Å². The molecule has 1 amide bonds. The molecule has 0 bridgehead atoms. The maximum Gasteiger partial charge on any atom is 0.303 e. The Labute approximate surface area is 350 Å². The van der Waals surface area contributed by atoms with Crippen molar-refractivity contribution in [3.63, 3.8) is 0 Å². The molecule has 1 N–H and O–H groups in total. The first-order valence-electron chi connectivity index (χ1n) is 18.6. The van der Waals surface area contributed by atoms with E-state index in [0.717, 1.165) is 45.0 Å². The van der Waals surface area contributed by atoms with Crippen LogP contribution >= 0.6 is 11.8 Å². The summed E-state index contributed by atoms with van der Waals surface area (Å²) in [6.07, 6.45) is -5.01. The fourth-order valence-electron chi connectivity index (χ4n) is 6.70. The van der Waals surface area contributed by atoms with E-state index in [1.165, 1.54) is 24.3 Å². The number of anilines is 1. The lowest BCUT2D eigenvalue weighted by molar-refractivity contribution is -0.384. The number of ether oxygens (including phenoxy) is 4. The van der Waals surface area contributed by atoms with Crippen molar-refractivity contribution in [3.8, 4) is 0 Å². The van der Waals surface area contributed by atoms with Crippen LogP contribution in [0.5, 0.6) is 0 Å². The van der Waals surface area contributed by atoms with Crippen LogP contribution in [-0.4, -0.2) is 71.6 Å². The number of nitrogens with one attached hydrogen (secondary N) is 1. The van der Waals surface area contributed by atoms with E-state index in [1.807, 2.05) is 35.2 Å². The number of carbonyl (C=O) groups is 5. The minimum atomic E-state index is -1.89. The van der Waals surface area contributed by atoms with E-state index in [-0.39, 0.29) is 17.1 Å². The number of non-ortho nitro benzene ring substituents is 1. The van der Waals surface area contributed by atoms with Gasteiger partial charge in [0, 0.05) is 59.1 Å². The van der Waals surface area contributed by atoms with Crippen molar-refractivity contribution in [2.75, 3.05) is 19.0 Å². The van der Waals surface area contributed by atoms with E-state index in [9.17, 15) is 29.3 Å². The summed E-state index contributed by atoms with van der Waals surface area (Å²) >= 11 is 1.07. The largest absolute Gasteiger partial charge is 0.462 e. The normalized spacial score (nSPS) is 17.5. The van der Waals surface area contributed by atoms with E-state index in [0.29, 0.717) is 22.8 Å². The number of hydrogen-bond donors (Lipinski definition) is 1. The number of carbonyl (C=O) groups excluding carboxylic acids is 5. The number of thioether (sulfide) groups is 1. The van der Waals surface area contributed by atoms with E-state index in [1.54, 1.807) is 67.7 Å². The Morgan fingerprint density at radius 1 is 0.767 bits per heavy atom. The first kappa shape index (κ1) is 44.2. The summed E-state index contributed by atoms with van der Waals surface area (Å²) in [5, 5.41) is 24.2. The van der Waals surface area contributed by atoms with Gasteiger partial charge in [0.15, 0.2) is 18.3 Å². The van der Waals surface area contributed by atoms with Crippen molar-refractivity contribution in [3.05, 3.63) is 147 Å². The Morgan fingerprint density at radius 3 is 1.88 bits per heavy atom. The molecule has 5 rings (SSSR count). The molecular formula is C43H43N5O11S. The predicted molar refractivity (Wildman–Crippen MR) is 220 cm³/mol. The quantitative estimate of drug-likeness (QED) is 0.0367. The molecule has 17 heteroatoms. The highest BCUT2D eigenvalue weighted by molar-refractivity contribution is 8.04. The molecule has 0 aliphatic carbocycles. The number of rotatable bonds is 17. The molecule has 4 aromatic carbocycles. The first-order valence-corrected chi connectivity index (χ1v) is 19.4. The van der Waals surface area contributed by atoms with Crippen LogP contribution in [0.3, 0.4) is 0 Å². The SMILES string of the molecule is CC(=O)OC[C@@H](OC(C)=O)[C@H](OC(C)=O)[C@H](OC(C)=O)[C@H]1C(N=Nc2ccccc2)=C(N(C)Cc2ccccc2)S[C@]1(C(=O)Nc1ccc([N+](=O)[O-])cc1)c1ccccc1. The van der Waals surface area contributed by atoms with Crippen molar-refractivity contribution in [1.82, 2.24) is 4.90 Å². The highest BCUT2D eigenvalue weighted by Gasteiger charge is 2.63. The van der Waals surface area contributed by atoms with Gasteiger partial charge in [0.2, 0.25) is 5.91 Å². The molecule has 1 aliphatic heterocycles. The first-order chi connectivity index (χ1) is 28.7. The van der Waals surface area contributed by atoms with Crippen molar-refractivity contribution in [2.24, 2.45) is 16.1 Å². The van der Waals surface area contributed by atoms with Gasteiger partial charge < -0.3 is 29.2 Å².